The van der Waals surface area contributed by atoms with Crippen molar-refractivity contribution in [1.82, 2.24) is 0 Å². The quantitative estimate of drug-likeness (QED) is 0.0262. The van der Waals surface area contributed by atoms with Crippen molar-refractivity contribution >= 4 is 17.9 Å². The van der Waals surface area contributed by atoms with Gasteiger partial charge in [0.25, 0.3) is 0 Å². The van der Waals surface area contributed by atoms with Gasteiger partial charge in [0.2, 0.25) is 0 Å². The smallest absolute Gasteiger partial charge is 0.306 e. The van der Waals surface area contributed by atoms with Crippen LogP contribution in [0.25, 0.3) is 0 Å². The Bertz CT molecular complexity index is 1130. The number of rotatable bonds is 47. The molecule has 0 aromatic heterocycles. The Morgan fingerprint density at radius 2 is 0.629 bits per heavy atom. The number of carbonyl (C=O) groups excluding carboxylic acids is 3. The van der Waals surface area contributed by atoms with Crippen molar-refractivity contribution in [2.24, 2.45) is 0 Å². The van der Waals surface area contributed by atoms with E-state index in [9.17, 15) is 14.4 Å². The third kappa shape index (κ3) is 48.1. The van der Waals surface area contributed by atoms with Crippen molar-refractivity contribution < 1.29 is 28.6 Å². The summed E-state index contributed by atoms with van der Waals surface area (Å²) < 4.78 is 16.8. The zero-order valence-corrected chi connectivity index (χ0v) is 40.9. The third-order valence-corrected chi connectivity index (χ3v) is 11.3. The molecule has 0 N–H and O–H groups in total. The molecule has 0 bridgehead atoms. The maximum atomic E-state index is 12.8. The average molecular weight is 867 g/mol. The Labute approximate surface area is 383 Å². The fraction of sp³-hybridized carbons (Fsp3) is 0.768. The largest absolute Gasteiger partial charge is 0.462 e. The first-order chi connectivity index (χ1) is 30.5. The summed E-state index contributed by atoms with van der Waals surface area (Å²) in [5, 5.41) is 0. The zero-order valence-electron chi connectivity index (χ0n) is 40.9. The van der Waals surface area contributed by atoms with Crippen LogP contribution in [-0.2, 0) is 28.6 Å². The summed E-state index contributed by atoms with van der Waals surface area (Å²) in [6.45, 7) is 6.47. The summed E-state index contributed by atoms with van der Waals surface area (Å²) in [4.78, 5) is 38.0. The molecule has 0 amide bonds. The molecule has 6 nitrogen and oxygen atoms in total. The summed E-state index contributed by atoms with van der Waals surface area (Å²) in [7, 11) is 0. The molecule has 0 aromatic rings. The van der Waals surface area contributed by atoms with Gasteiger partial charge in [0, 0.05) is 19.3 Å². The van der Waals surface area contributed by atoms with Gasteiger partial charge in [-0.2, -0.15) is 0 Å². The van der Waals surface area contributed by atoms with Crippen molar-refractivity contribution in [3.05, 3.63) is 60.8 Å². The molecule has 0 aliphatic heterocycles. The van der Waals surface area contributed by atoms with Crippen molar-refractivity contribution in [1.29, 1.82) is 0 Å². The maximum absolute atomic E-state index is 12.8. The van der Waals surface area contributed by atoms with Gasteiger partial charge in [-0.25, -0.2) is 0 Å². The molecule has 0 aromatic carbocycles. The van der Waals surface area contributed by atoms with Gasteiger partial charge >= 0.3 is 17.9 Å². The number of hydrogen-bond donors (Lipinski definition) is 0. The van der Waals surface area contributed by atoms with Crippen LogP contribution < -0.4 is 0 Å². The highest BCUT2D eigenvalue weighted by molar-refractivity contribution is 5.71. The van der Waals surface area contributed by atoms with Crippen LogP contribution in [0.15, 0.2) is 60.8 Å². The van der Waals surface area contributed by atoms with Crippen LogP contribution in [0.5, 0.6) is 0 Å². The van der Waals surface area contributed by atoms with Gasteiger partial charge in [0.1, 0.15) is 13.2 Å². The monoisotopic (exact) mass is 867 g/mol. The Balaban J connectivity index is 4.43. The normalized spacial score (nSPS) is 12.5. The predicted molar refractivity (Wildman–Crippen MR) is 265 cm³/mol. The molecule has 0 spiro atoms. The van der Waals surface area contributed by atoms with E-state index < -0.39 is 6.10 Å². The van der Waals surface area contributed by atoms with E-state index in [1.165, 1.54) is 122 Å². The lowest BCUT2D eigenvalue weighted by atomic mass is 10.0. The van der Waals surface area contributed by atoms with Gasteiger partial charge in [0.15, 0.2) is 6.10 Å². The second-order valence-corrected chi connectivity index (χ2v) is 17.5. The number of unbranched alkanes of at least 4 members (excludes halogenated alkanes) is 29. The Hall–Kier alpha value is -2.89. The fourth-order valence-electron chi connectivity index (χ4n) is 7.37. The van der Waals surface area contributed by atoms with E-state index in [1.807, 2.05) is 0 Å². The molecule has 1 unspecified atom stereocenters. The van der Waals surface area contributed by atoms with E-state index >= 15 is 0 Å². The topological polar surface area (TPSA) is 78.9 Å². The van der Waals surface area contributed by atoms with E-state index in [-0.39, 0.29) is 31.1 Å². The minimum absolute atomic E-state index is 0.0917. The van der Waals surface area contributed by atoms with Crippen LogP contribution in [0.3, 0.4) is 0 Å². The predicted octanol–water partition coefficient (Wildman–Crippen LogP) is 17.3. The Morgan fingerprint density at radius 1 is 0.339 bits per heavy atom. The van der Waals surface area contributed by atoms with Crippen LogP contribution in [0, 0.1) is 0 Å². The minimum Gasteiger partial charge on any atom is -0.462 e. The van der Waals surface area contributed by atoms with Gasteiger partial charge in [0.05, 0.1) is 0 Å². The van der Waals surface area contributed by atoms with Gasteiger partial charge in [-0.1, -0.05) is 236 Å². The molecular formula is C56H98O6. The maximum Gasteiger partial charge on any atom is 0.306 e. The van der Waals surface area contributed by atoms with Crippen LogP contribution in [0.4, 0.5) is 0 Å². The summed E-state index contributed by atoms with van der Waals surface area (Å²) >= 11 is 0. The molecule has 62 heavy (non-hydrogen) atoms. The molecule has 0 saturated heterocycles. The Morgan fingerprint density at radius 3 is 1.00 bits per heavy atom. The SMILES string of the molecule is CC\C=C/C=C\C=C/CCCCCCCC(=O)OCC(COC(=O)CCCCC/C=C\C=C/CCCCCCCCC)OC(=O)CCCCCCCCCCCCCCCCC. The van der Waals surface area contributed by atoms with Crippen LogP contribution >= 0.6 is 0 Å². The highest BCUT2D eigenvalue weighted by atomic mass is 16.6. The molecule has 0 heterocycles. The first-order valence-electron chi connectivity index (χ1n) is 26.3. The first-order valence-corrected chi connectivity index (χ1v) is 26.3. The minimum atomic E-state index is -0.790. The molecule has 0 aliphatic carbocycles. The standard InChI is InChI=1S/C56H98O6/c1-4-7-10-13-16-19-22-25-27-29-31-34-37-40-43-46-49-55(58)61-52-53(51-60-54(57)48-45-42-39-36-33-30-24-21-18-15-12-9-6-3)62-56(59)50-47-44-41-38-35-32-28-26-23-20-17-14-11-8-5-2/h9,12,15,18,21,24,27,29,31,34,53H,4-8,10-11,13-14,16-17,19-20,22-23,25-26,28,30,32-33,35-52H2,1-3H3/b12-9-,18-15-,24-21-,29-27-,34-31-. The van der Waals surface area contributed by atoms with E-state index in [0.717, 1.165) is 96.3 Å². The first kappa shape index (κ1) is 59.1. The van der Waals surface area contributed by atoms with Gasteiger partial charge in [-0.05, 0) is 64.2 Å². The van der Waals surface area contributed by atoms with E-state index in [2.05, 4.69) is 81.5 Å². The van der Waals surface area contributed by atoms with E-state index in [0.29, 0.717) is 19.3 Å². The van der Waals surface area contributed by atoms with Crippen molar-refractivity contribution in [3.8, 4) is 0 Å². The Kier molecular flexibility index (Phi) is 48.4. The highest BCUT2D eigenvalue weighted by Gasteiger charge is 2.19. The number of carbonyl (C=O) groups is 3. The molecule has 0 saturated carbocycles. The molecule has 0 rings (SSSR count). The highest BCUT2D eigenvalue weighted by Crippen LogP contribution is 2.15. The number of hydrogen-bond acceptors (Lipinski definition) is 6. The summed E-state index contributed by atoms with van der Waals surface area (Å²) in [6.07, 6.45) is 62.0. The van der Waals surface area contributed by atoms with Crippen LogP contribution in [0.1, 0.15) is 258 Å². The van der Waals surface area contributed by atoms with Crippen LogP contribution in [-0.4, -0.2) is 37.2 Å². The zero-order chi connectivity index (χ0) is 45.1. The van der Waals surface area contributed by atoms with Crippen molar-refractivity contribution in [2.75, 3.05) is 13.2 Å². The lowest BCUT2D eigenvalue weighted by Crippen LogP contribution is -2.30. The van der Waals surface area contributed by atoms with E-state index in [4.69, 9.17) is 14.2 Å². The average Bonchev–Trinajstić information content (AvgIpc) is 3.27. The molecular weight excluding hydrogens is 769 g/mol. The van der Waals surface area contributed by atoms with Crippen LogP contribution in [0.2, 0.25) is 0 Å². The molecule has 0 aliphatic rings. The van der Waals surface area contributed by atoms with Crippen molar-refractivity contribution in [2.45, 2.75) is 264 Å². The molecule has 1 atom stereocenters. The number of esters is 3. The summed E-state index contributed by atoms with van der Waals surface area (Å²) in [5.74, 6) is -0.930. The number of ether oxygens (including phenoxy) is 3. The molecule has 0 radical (unpaired) electrons. The fourth-order valence-corrected chi connectivity index (χ4v) is 7.37. The van der Waals surface area contributed by atoms with Gasteiger partial charge < -0.3 is 14.2 Å². The van der Waals surface area contributed by atoms with E-state index in [1.54, 1.807) is 0 Å². The molecule has 0 fully saturated rings. The third-order valence-electron chi connectivity index (χ3n) is 11.3. The number of allylic oxidation sites excluding steroid dienone is 10. The lowest BCUT2D eigenvalue weighted by Gasteiger charge is -2.18. The summed E-state index contributed by atoms with van der Waals surface area (Å²) in [6, 6.07) is 0. The van der Waals surface area contributed by atoms with Gasteiger partial charge in [-0.15, -0.1) is 0 Å². The molecule has 358 valence electrons. The lowest BCUT2D eigenvalue weighted by molar-refractivity contribution is -0.167. The molecule has 6 heteroatoms. The van der Waals surface area contributed by atoms with Gasteiger partial charge in [-0.3, -0.25) is 14.4 Å². The second kappa shape index (κ2) is 50.8. The summed E-state index contributed by atoms with van der Waals surface area (Å²) in [5.41, 5.74) is 0. The van der Waals surface area contributed by atoms with Crippen molar-refractivity contribution in [3.63, 3.8) is 0 Å². The second-order valence-electron chi connectivity index (χ2n) is 17.5.